The minimum atomic E-state index is -0.715. The topological polar surface area (TPSA) is 118 Å². The van der Waals surface area contributed by atoms with Crippen molar-refractivity contribution < 1.29 is 28.8 Å². The standard InChI is InChI=1S/C28H35NO4.C21H25NO2.ClH/c1-7-8-20-13-18(2)24(19(3)14-20)25-21(30)16-28(17-22(25)31)9-11-29(12-10-28)26(33)23(32)15-27(4,5)6;1-4-5-16-10-14(2)19(15(3)11-16)20-17(23)12-21(13-18(20)24)6-8-22-9-7-21;/h13-14,25H,9-12,15-17H2,1-6H3;10-11,20,22H,6-9,12-13H2,1-3H3;1H. The van der Waals surface area contributed by atoms with Crippen LogP contribution in [-0.4, -0.2) is 65.9 Å². The molecule has 1 amide bonds. The summed E-state index contributed by atoms with van der Waals surface area (Å²) in [6, 6.07) is 7.88. The number of ketones is 5. The van der Waals surface area contributed by atoms with Crippen molar-refractivity contribution in [3.05, 3.63) is 68.8 Å². The third-order valence-corrected chi connectivity index (χ3v) is 12.5. The average Bonchev–Trinajstić information content (AvgIpc) is 3.10. The molecule has 4 fully saturated rings. The molecule has 8 nitrogen and oxygen atoms in total. The Bertz CT molecular complexity index is 2020. The summed E-state index contributed by atoms with van der Waals surface area (Å²) in [5.74, 6) is 9.96. The molecule has 1 N–H and O–H groups in total. The quantitative estimate of drug-likeness (QED) is 0.191. The van der Waals surface area contributed by atoms with Crippen molar-refractivity contribution in [1.82, 2.24) is 10.2 Å². The van der Waals surface area contributed by atoms with Crippen LogP contribution in [0.2, 0.25) is 0 Å². The Morgan fingerprint density at radius 2 is 1.00 bits per heavy atom. The molecule has 2 saturated carbocycles. The third kappa shape index (κ3) is 10.4. The van der Waals surface area contributed by atoms with Crippen molar-refractivity contribution >= 4 is 47.2 Å². The lowest BCUT2D eigenvalue weighted by atomic mass is 9.62. The number of hydrogen-bond acceptors (Lipinski definition) is 7. The van der Waals surface area contributed by atoms with Gasteiger partial charge in [0, 0.05) is 56.3 Å². The fourth-order valence-corrected chi connectivity index (χ4v) is 9.89. The number of halogens is 1. The highest BCUT2D eigenvalue weighted by Crippen LogP contribution is 2.48. The fourth-order valence-electron chi connectivity index (χ4n) is 9.89. The molecule has 2 aromatic rings. The highest BCUT2D eigenvalue weighted by Gasteiger charge is 2.49. The lowest BCUT2D eigenvalue weighted by molar-refractivity contribution is -0.148. The van der Waals surface area contributed by atoms with E-state index in [0.29, 0.717) is 51.6 Å². The van der Waals surface area contributed by atoms with Crippen molar-refractivity contribution in [2.24, 2.45) is 16.2 Å². The van der Waals surface area contributed by atoms with Gasteiger partial charge in [0.25, 0.3) is 5.91 Å². The van der Waals surface area contributed by atoms with Gasteiger partial charge in [-0.2, -0.15) is 0 Å². The summed E-state index contributed by atoms with van der Waals surface area (Å²) in [4.78, 5) is 79.0. The maximum absolute atomic E-state index is 13.3. The van der Waals surface area contributed by atoms with Gasteiger partial charge < -0.3 is 10.2 Å². The smallest absolute Gasteiger partial charge is 0.289 e. The first-order valence-corrected chi connectivity index (χ1v) is 20.5. The minimum Gasteiger partial charge on any atom is -0.336 e. The van der Waals surface area contributed by atoms with E-state index in [1.165, 1.54) is 0 Å². The van der Waals surface area contributed by atoms with Gasteiger partial charge in [-0.3, -0.25) is 28.8 Å². The zero-order valence-electron chi connectivity index (χ0n) is 36.0. The number of nitrogens with one attached hydrogen (secondary N) is 1. The monoisotopic (exact) mass is 808 g/mol. The van der Waals surface area contributed by atoms with E-state index in [2.05, 4.69) is 29.0 Å². The molecule has 6 rings (SSSR count). The van der Waals surface area contributed by atoms with Crippen LogP contribution in [0.1, 0.15) is 149 Å². The molecule has 0 radical (unpaired) electrons. The zero-order valence-corrected chi connectivity index (χ0v) is 36.8. The number of likely N-dealkylation sites (tertiary alicyclic amines) is 1. The summed E-state index contributed by atoms with van der Waals surface area (Å²) >= 11 is 0. The van der Waals surface area contributed by atoms with E-state index in [-0.39, 0.29) is 58.6 Å². The van der Waals surface area contributed by atoms with E-state index in [0.717, 1.165) is 70.4 Å². The van der Waals surface area contributed by atoms with Crippen LogP contribution in [0.3, 0.4) is 0 Å². The Labute approximate surface area is 351 Å². The lowest BCUT2D eigenvalue weighted by Crippen LogP contribution is -2.50. The second kappa shape index (κ2) is 18.7. The van der Waals surface area contributed by atoms with Crippen LogP contribution in [0.25, 0.3) is 0 Å². The largest absolute Gasteiger partial charge is 0.336 e. The number of carbonyl (C=O) groups excluding carboxylic acids is 6. The number of hydrogen-bond donors (Lipinski definition) is 1. The van der Waals surface area contributed by atoms with Crippen molar-refractivity contribution in [3.8, 4) is 23.7 Å². The Hall–Kier alpha value is -4.37. The molecule has 0 aromatic heterocycles. The number of nitrogens with zero attached hydrogens (tertiary/aromatic N) is 1. The minimum absolute atomic E-state index is 0. The predicted molar refractivity (Wildman–Crippen MR) is 230 cm³/mol. The molecule has 2 aromatic carbocycles. The van der Waals surface area contributed by atoms with Gasteiger partial charge in [0.2, 0.25) is 5.78 Å². The molecule has 2 saturated heterocycles. The van der Waals surface area contributed by atoms with Crippen molar-refractivity contribution in [2.75, 3.05) is 26.2 Å². The number of piperidine rings is 2. The molecule has 310 valence electrons. The van der Waals surface area contributed by atoms with Gasteiger partial charge >= 0.3 is 0 Å². The number of rotatable bonds is 4. The molecule has 2 spiro atoms. The maximum Gasteiger partial charge on any atom is 0.289 e. The molecule has 0 unspecified atom stereocenters. The summed E-state index contributed by atoms with van der Waals surface area (Å²) in [6.45, 7) is 19.9. The van der Waals surface area contributed by atoms with Gasteiger partial charge in [-0.15, -0.1) is 24.2 Å². The van der Waals surface area contributed by atoms with Crippen LogP contribution in [0, 0.1) is 67.6 Å². The summed E-state index contributed by atoms with van der Waals surface area (Å²) in [7, 11) is 0. The van der Waals surface area contributed by atoms with Crippen LogP contribution in [0.15, 0.2) is 24.3 Å². The first-order valence-electron chi connectivity index (χ1n) is 20.5. The zero-order chi connectivity index (χ0) is 41.9. The normalized spacial score (nSPS) is 20.2. The molecule has 2 aliphatic carbocycles. The molecule has 4 aliphatic rings. The second-order valence-electron chi connectivity index (χ2n) is 18.4. The molecule has 9 heteroatoms. The predicted octanol–water partition coefficient (Wildman–Crippen LogP) is 7.79. The molecule has 2 heterocycles. The molecule has 0 atom stereocenters. The number of aryl methyl sites for hydroxylation is 4. The first kappa shape index (κ1) is 46.3. The molecule has 2 aliphatic heterocycles. The van der Waals surface area contributed by atoms with Crippen LogP contribution < -0.4 is 5.32 Å². The van der Waals surface area contributed by atoms with Crippen molar-refractivity contribution in [1.29, 1.82) is 0 Å². The van der Waals surface area contributed by atoms with E-state index in [1.807, 2.05) is 79.7 Å². The van der Waals surface area contributed by atoms with E-state index in [1.54, 1.807) is 11.8 Å². The molecule has 58 heavy (non-hydrogen) atoms. The lowest BCUT2D eigenvalue weighted by Gasteiger charge is -2.44. The van der Waals surface area contributed by atoms with Crippen molar-refractivity contribution in [3.63, 3.8) is 0 Å². The van der Waals surface area contributed by atoms with E-state index in [4.69, 9.17) is 0 Å². The number of amides is 1. The Morgan fingerprint density at radius 3 is 1.33 bits per heavy atom. The Morgan fingerprint density at radius 1 is 0.655 bits per heavy atom. The van der Waals surface area contributed by atoms with Gasteiger partial charge in [-0.05, 0) is 154 Å². The first-order chi connectivity index (χ1) is 26.8. The van der Waals surface area contributed by atoms with E-state index in [9.17, 15) is 28.8 Å². The summed E-state index contributed by atoms with van der Waals surface area (Å²) in [5, 5.41) is 3.33. The van der Waals surface area contributed by atoms with Gasteiger partial charge in [-0.1, -0.05) is 32.6 Å². The summed E-state index contributed by atoms with van der Waals surface area (Å²) in [5.41, 5.74) is 6.69. The molecule has 0 bridgehead atoms. The number of Topliss-reactive ketones (excluding diaryl/α,β-unsaturated/α-hetero) is 5. The SMILES string of the molecule is CC#Cc1cc(C)c(C2C(=O)CC3(CCN(C(=O)C(=O)CC(C)(C)C)CC3)CC2=O)c(C)c1.CC#Cc1cc(C)c(C2C(=O)CC3(CCNCC3)CC2=O)c(C)c1.Cl. The maximum atomic E-state index is 13.3. The Kier molecular flexibility index (Phi) is 14.9. The number of benzene rings is 2. The van der Waals surface area contributed by atoms with Gasteiger partial charge in [0.05, 0.1) is 0 Å². The molecular formula is C49H61ClN2O6. The van der Waals surface area contributed by atoms with Crippen LogP contribution >= 0.6 is 12.4 Å². The van der Waals surface area contributed by atoms with Crippen LogP contribution in [0.4, 0.5) is 0 Å². The second-order valence-corrected chi connectivity index (χ2v) is 18.4. The van der Waals surface area contributed by atoms with E-state index >= 15 is 0 Å². The highest BCUT2D eigenvalue weighted by atomic mass is 35.5. The van der Waals surface area contributed by atoms with Gasteiger partial charge in [0.1, 0.15) is 35.0 Å². The summed E-state index contributed by atoms with van der Waals surface area (Å²) in [6.07, 6.45) is 5.01. The Balaban J connectivity index is 0.000000264. The van der Waals surface area contributed by atoms with Crippen LogP contribution in [-0.2, 0) is 28.8 Å². The highest BCUT2D eigenvalue weighted by molar-refractivity contribution is 6.36. The van der Waals surface area contributed by atoms with Crippen LogP contribution in [0.5, 0.6) is 0 Å². The fraction of sp³-hybridized carbons (Fsp3) is 0.551. The van der Waals surface area contributed by atoms with Gasteiger partial charge in [0.15, 0.2) is 0 Å². The number of carbonyl (C=O) groups is 6. The molecular weight excluding hydrogens is 748 g/mol. The van der Waals surface area contributed by atoms with E-state index < -0.39 is 23.2 Å². The summed E-state index contributed by atoms with van der Waals surface area (Å²) < 4.78 is 0. The van der Waals surface area contributed by atoms with Gasteiger partial charge in [-0.25, -0.2) is 0 Å². The van der Waals surface area contributed by atoms with Crippen molar-refractivity contribution in [2.45, 2.75) is 132 Å². The average molecular weight is 809 g/mol. The third-order valence-electron chi connectivity index (χ3n) is 12.5.